The predicted octanol–water partition coefficient (Wildman–Crippen LogP) is 15.2. The first-order valence-electron chi connectivity index (χ1n) is 25.5. The van der Waals surface area contributed by atoms with E-state index < -0.39 is 18.2 Å². The fourth-order valence-corrected chi connectivity index (χ4v) is 7.42. The topological polar surface area (TPSA) is 95.9 Å². The molecule has 3 unspecified atom stereocenters. The second-order valence-electron chi connectivity index (χ2n) is 17.2. The first-order valence-corrected chi connectivity index (χ1v) is 25.5. The molecule has 0 aromatic carbocycles. The Hall–Kier alpha value is -2.44. The first-order chi connectivity index (χ1) is 29.5. The lowest BCUT2D eigenvalue weighted by molar-refractivity contribution is -0.151. The van der Waals surface area contributed by atoms with Crippen molar-refractivity contribution in [3.63, 3.8) is 0 Å². The van der Waals surface area contributed by atoms with E-state index in [1.165, 1.54) is 96.3 Å². The number of carbonyl (C=O) groups is 2. The van der Waals surface area contributed by atoms with Crippen LogP contribution in [-0.2, 0) is 14.3 Å². The van der Waals surface area contributed by atoms with Crippen LogP contribution in [0.3, 0.4) is 0 Å². The number of allylic oxidation sites excluding steroid dienone is 10. The van der Waals surface area contributed by atoms with Crippen molar-refractivity contribution in [1.82, 2.24) is 5.32 Å². The Balaban J connectivity index is 4.48. The minimum absolute atomic E-state index is 0.0519. The summed E-state index contributed by atoms with van der Waals surface area (Å²) < 4.78 is 5.88. The number of aliphatic hydroxyl groups is 2. The average Bonchev–Trinajstić information content (AvgIpc) is 3.24. The molecule has 0 rings (SSSR count). The Bertz CT molecular complexity index is 1080. The molecular weight excluding hydrogens is 743 g/mol. The Morgan fingerprint density at radius 3 is 1.40 bits per heavy atom. The Labute approximate surface area is 371 Å². The van der Waals surface area contributed by atoms with E-state index in [9.17, 15) is 19.8 Å². The summed E-state index contributed by atoms with van der Waals surface area (Å²) >= 11 is 0. The lowest BCUT2D eigenvalue weighted by Gasteiger charge is -2.24. The highest BCUT2D eigenvalue weighted by Gasteiger charge is 2.24. The van der Waals surface area contributed by atoms with E-state index in [2.05, 4.69) is 86.8 Å². The number of unbranched alkanes of at least 4 members (excludes halogenated alkanes) is 23. The number of nitrogens with one attached hydrogen (secondary N) is 1. The maximum absolute atomic E-state index is 13.1. The number of aliphatic hydroxyl groups excluding tert-OH is 2. The smallest absolute Gasteiger partial charge is 0.306 e. The molecule has 0 aliphatic rings. The van der Waals surface area contributed by atoms with Gasteiger partial charge in [0.25, 0.3) is 0 Å². The number of carbonyl (C=O) groups excluding carboxylic acids is 2. The standard InChI is InChI=1S/C54H97NO5/c1-4-7-10-13-16-19-21-23-25-26-27-28-29-31-33-35-38-41-44-47-54(59)60-50(45-42-39-36-18-15-12-9-6-3)48-53(58)55-51(49-56)52(57)46-43-40-37-34-32-30-24-22-20-17-14-11-8-5-2/h12,15-16,19,23,25,27-28,31,33,50-52,56-57H,4-11,13-14,17-18,20-22,24,26,29-30,32,34-49H2,1-3H3,(H,55,58)/b15-12-,19-16-,25-23-,28-27-,33-31-. The molecule has 0 saturated carbocycles. The van der Waals surface area contributed by atoms with E-state index in [0.717, 1.165) is 103 Å². The zero-order chi connectivity index (χ0) is 43.8. The van der Waals surface area contributed by atoms with Crippen LogP contribution < -0.4 is 5.32 Å². The average molecular weight is 840 g/mol. The summed E-state index contributed by atoms with van der Waals surface area (Å²) in [4.78, 5) is 26.0. The minimum Gasteiger partial charge on any atom is -0.462 e. The van der Waals surface area contributed by atoms with Crippen LogP contribution >= 0.6 is 0 Å². The molecule has 6 nitrogen and oxygen atoms in total. The summed E-state index contributed by atoms with van der Waals surface area (Å²) in [5.74, 6) is -0.530. The normalized spacial score (nSPS) is 13.8. The van der Waals surface area contributed by atoms with Crippen LogP contribution in [0.2, 0.25) is 0 Å². The lowest BCUT2D eigenvalue weighted by Crippen LogP contribution is -2.46. The monoisotopic (exact) mass is 840 g/mol. The van der Waals surface area contributed by atoms with Gasteiger partial charge in [-0.05, 0) is 89.9 Å². The third kappa shape index (κ3) is 42.3. The Kier molecular flexibility index (Phi) is 45.7. The van der Waals surface area contributed by atoms with Gasteiger partial charge in [0.1, 0.15) is 6.10 Å². The van der Waals surface area contributed by atoms with Gasteiger partial charge in [-0.2, -0.15) is 0 Å². The summed E-state index contributed by atoms with van der Waals surface area (Å²) in [7, 11) is 0. The first kappa shape index (κ1) is 57.6. The Morgan fingerprint density at radius 1 is 0.483 bits per heavy atom. The Morgan fingerprint density at radius 2 is 0.883 bits per heavy atom. The van der Waals surface area contributed by atoms with Gasteiger partial charge < -0.3 is 20.3 Å². The number of hydrogen-bond donors (Lipinski definition) is 3. The van der Waals surface area contributed by atoms with Crippen molar-refractivity contribution in [2.24, 2.45) is 0 Å². The van der Waals surface area contributed by atoms with E-state index in [1.54, 1.807) is 0 Å². The molecule has 0 spiro atoms. The molecule has 3 N–H and O–H groups in total. The van der Waals surface area contributed by atoms with Crippen molar-refractivity contribution in [3.8, 4) is 0 Å². The molecule has 0 aromatic rings. The highest BCUT2D eigenvalue weighted by Crippen LogP contribution is 2.17. The number of ether oxygens (including phenoxy) is 1. The van der Waals surface area contributed by atoms with Crippen molar-refractivity contribution in [3.05, 3.63) is 60.8 Å². The fraction of sp³-hybridized carbons (Fsp3) is 0.778. The third-order valence-electron chi connectivity index (χ3n) is 11.3. The zero-order valence-corrected chi connectivity index (χ0v) is 39.6. The quantitative estimate of drug-likeness (QED) is 0.0322. The molecule has 0 aliphatic heterocycles. The van der Waals surface area contributed by atoms with Gasteiger partial charge >= 0.3 is 5.97 Å². The van der Waals surface area contributed by atoms with Gasteiger partial charge in [-0.25, -0.2) is 0 Å². The largest absolute Gasteiger partial charge is 0.462 e. The van der Waals surface area contributed by atoms with Crippen LogP contribution in [-0.4, -0.2) is 46.9 Å². The van der Waals surface area contributed by atoms with E-state index in [-0.39, 0.29) is 24.9 Å². The molecule has 348 valence electrons. The molecule has 3 atom stereocenters. The molecular formula is C54H97NO5. The van der Waals surface area contributed by atoms with Gasteiger partial charge in [-0.1, -0.05) is 204 Å². The molecule has 0 radical (unpaired) electrons. The van der Waals surface area contributed by atoms with Crippen molar-refractivity contribution in [2.45, 2.75) is 264 Å². The second-order valence-corrected chi connectivity index (χ2v) is 17.2. The maximum atomic E-state index is 13.1. The fourth-order valence-electron chi connectivity index (χ4n) is 7.42. The zero-order valence-electron chi connectivity index (χ0n) is 39.6. The minimum atomic E-state index is -0.797. The van der Waals surface area contributed by atoms with Gasteiger partial charge in [0, 0.05) is 6.42 Å². The molecule has 0 saturated heterocycles. The number of esters is 1. The molecule has 0 bridgehead atoms. The van der Waals surface area contributed by atoms with Crippen molar-refractivity contribution in [2.75, 3.05) is 6.61 Å². The van der Waals surface area contributed by atoms with E-state index in [0.29, 0.717) is 19.3 Å². The molecule has 0 aliphatic carbocycles. The van der Waals surface area contributed by atoms with E-state index in [4.69, 9.17) is 4.74 Å². The molecule has 1 amide bonds. The molecule has 0 heterocycles. The van der Waals surface area contributed by atoms with Crippen LogP contribution in [0.1, 0.15) is 245 Å². The lowest BCUT2D eigenvalue weighted by atomic mass is 10.0. The molecule has 6 heteroatoms. The maximum Gasteiger partial charge on any atom is 0.306 e. The van der Waals surface area contributed by atoms with Crippen LogP contribution in [0.5, 0.6) is 0 Å². The number of amides is 1. The summed E-state index contributed by atoms with van der Waals surface area (Å²) in [6, 6.07) is -0.713. The number of hydrogen-bond acceptors (Lipinski definition) is 5. The van der Waals surface area contributed by atoms with Gasteiger partial charge in [0.15, 0.2) is 0 Å². The summed E-state index contributed by atoms with van der Waals surface area (Å²) in [6.07, 6.45) is 58.6. The van der Waals surface area contributed by atoms with Gasteiger partial charge in [-0.15, -0.1) is 0 Å². The summed E-state index contributed by atoms with van der Waals surface area (Å²) in [6.45, 7) is 6.37. The van der Waals surface area contributed by atoms with Crippen LogP contribution in [0, 0.1) is 0 Å². The second kappa shape index (κ2) is 47.6. The van der Waals surface area contributed by atoms with Crippen molar-refractivity contribution in [1.29, 1.82) is 0 Å². The summed E-state index contributed by atoms with van der Waals surface area (Å²) in [5, 5.41) is 23.7. The molecule has 60 heavy (non-hydrogen) atoms. The van der Waals surface area contributed by atoms with E-state index >= 15 is 0 Å². The predicted molar refractivity (Wildman–Crippen MR) is 259 cm³/mol. The molecule has 0 aromatic heterocycles. The van der Waals surface area contributed by atoms with Gasteiger partial charge in [0.05, 0.1) is 25.2 Å². The van der Waals surface area contributed by atoms with Gasteiger partial charge in [-0.3, -0.25) is 9.59 Å². The molecule has 0 fully saturated rings. The number of rotatable bonds is 45. The van der Waals surface area contributed by atoms with Crippen LogP contribution in [0.15, 0.2) is 60.8 Å². The van der Waals surface area contributed by atoms with E-state index in [1.807, 2.05) is 0 Å². The highest BCUT2D eigenvalue weighted by atomic mass is 16.5. The highest BCUT2D eigenvalue weighted by molar-refractivity contribution is 5.77. The SMILES string of the molecule is CCC/C=C\CCCCCC(CC(=O)NC(CO)C(O)CCCCCCCCCCCCCCCC)OC(=O)CCCCC/C=C\C/C=C\C/C=C\C/C=C\CCCCC. The van der Waals surface area contributed by atoms with Crippen LogP contribution in [0.25, 0.3) is 0 Å². The van der Waals surface area contributed by atoms with Gasteiger partial charge in [0.2, 0.25) is 5.91 Å². The van der Waals surface area contributed by atoms with Crippen molar-refractivity contribution >= 4 is 11.9 Å². The third-order valence-corrected chi connectivity index (χ3v) is 11.3. The van der Waals surface area contributed by atoms with Crippen LogP contribution in [0.4, 0.5) is 0 Å². The summed E-state index contributed by atoms with van der Waals surface area (Å²) in [5.41, 5.74) is 0. The van der Waals surface area contributed by atoms with Crippen molar-refractivity contribution < 1.29 is 24.5 Å².